The smallest absolute Gasteiger partial charge is 0.250 e. The number of hydrogen-bond donors (Lipinski definition) is 10. The number of piperidine rings is 1. The van der Waals surface area contributed by atoms with E-state index in [2.05, 4.69) is 178 Å². The van der Waals surface area contributed by atoms with E-state index in [4.69, 9.17) is 32.7 Å². The molecule has 0 radical (unpaired) electrons. The number of aromatic nitrogens is 14. The van der Waals surface area contributed by atoms with Crippen molar-refractivity contribution < 1.29 is 19.7 Å². The summed E-state index contributed by atoms with van der Waals surface area (Å²) in [5.41, 5.74) is 22.8. The summed E-state index contributed by atoms with van der Waals surface area (Å²) in [5.74, 6) is 5.20. The summed E-state index contributed by atoms with van der Waals surface area (Å²) in [4.78, 5) is 72.6. The van der Waals surface area contributed by atoms with Crippen LogP contribution in [0.3, 0.4) is 0 Å². The van der Waals surface area contributed by atoms with E-state index in [1.54, 1.807) is 43.4 Å². The average molecular weight is 1770 g/mol. The van der Waals surface area contributed by atoms with Gasteiger partial charge in [-0.15, -0.1) is 0 Å². The second-order valence-electron chi connectivity index (χ2n) is 27.9. The Kier molecular flexibility index (Phi) is 33.0. The molecule has 12 aromatic rings. The maximum Gasteiger partial charge on any atom is 0.250 e. The van der Waals surface area contributed by atoms with Crippen molar-refractivity contribution in [1.82, 2.24) is 69.8 Å². The summed E-state index contributed by atoms with van der Waals surface area (Å²) in [6.45, 7) is 18.5. The third-order valence-electron chi connectivity index (χ3n) is 18.6. The molecular formula is C85H96BrCl2N31O4. The number of morpholine rings is 2. The molecule has 10 N–H and O–H groups in total. The van der Waals surface area contributed by atoms with Gasteiger partial charge in [-0.3, -0.25) is 9.97 Å². The van der Waals surface area contributed by atoms with Crippen LogP contribution >= 0.6 is 39.1 Å². The molecule has 3 aliphatic rings. The number of aromatic hydroxyl groups is 1. The number of ether oxygens (including phenoxy) is 2. The Morgan fingerprint density at radius 1 is 0.463 bits per heavy atom. The first kappa shape index (κ1) is 88.8. The number of para-hydroxylation sites is 1. The van der Waals surface area contributed by atoms with Gasteiger partial charge >= 0.3 is 0 Å². The highest BCUT2D eigenvalue weighted by molar-refractivity contribution is 9.10. The standard InChI is InChI=1S/C23H29ClN8.C22H23BrClN7O3.C20H22N8O.C20H22N8/c1-6-32(7-2)23-28-21(26-18-11-8-16(3)20(24)14-18)27-22(29-23)30-25-15-17-9-12-19(13-10-17)31(4)5;1-13-2-3-18(17(23)8-13)26-20-27-21(29-22(28-20)31-4-6-34-7-5-31)30-25-11-14-9-16(24)10-15(12-32)19(14)33;1-15-4-6-17(7-5-15)23-18-24-19(27-22-14-16-3-2-8-21-13-16)26-20(25-18)28-9-11-29-12-10-28;1-3-7-17(8-4-1)23-18-24-19(27-22-15-16-9-11-21-12-10-16)26-20(25-18)28-13-5-2-6-14-28/h8-15H,6-7H2,1-5H3,(H2,26,27,28,29,30);2-3,8-11,32-33H,4-7,12H2,1H3,(H2,26,27,28,29,30);2-8,13-14H,9-12H2,1H3,(H2,23,24,25,26,27);1,3-4,7-12,15H,2,5-6,13-14H2,(H2,23,24,25,26,27)/b25-15+;25-11+;22-14+;22-15+. The number of halogens is 3. The summed E-state index contributed by atoms with van der Waals surface area (Å²) >= 11 is 15.9. The van der Waals surface area contributed by atoms with Crippen LogP contribution in [0.4, 0.5) is 99.8 Å². The molecule has 0 unspecified atom stereocenters. The molecule has 38 heteroatoms. The fraction of sp³-hybridized carbons (Fsp3) is 0.271. The van der Waals surface area contributed by atoms with Gasteiger partial charge < -0.3 is 65.5 Å². The van der Waals surface area contributed by atoms with Crippen molar-refractivity contribution in [2.75, 3.05) is 160 Å². The molecule has 15 rings (SSSR count). The van der Waals surface area contributed by atoms with E-state index in [1.165, 1.54) is 30.3 Å². The van der Waals surface area contributed by atoms with E-state index < -0.39 is 0 Å². The first-order valence-electron chi connectivity index (χ1n) is 39.7. The predicted molar refractivity (Wildman–Crippen MR) is 494 cm³/mol. The fourth-order valence-electron chi connectivity index (χ4n) is 11.9. The zero-order valence-corrected chi connectivity index (χ0v) is 72.1. The van der Waals surface area contributed by atoms with Crippen LogP contribution in [0.5, 0.6) is 5.75 Å². The van der Waals surface area contributed by atoms with Gasteiger partial charge in [-0.25, -0.2) is 21.7 Å². The van der Waals surface area contributed by atoms with Crippen LogP contribution in [0.2, 0.25) is 10.0 Å². The lowest BCUT2D eigenvalue weighted by molar-refractivity contribution is 0.122. The number of benzene rings is 6. The van der Waals surface area contributed by atoms with Gasteiger partial charge in [-0.1, -0.05) is 89.4 Å². The molecule has 35 nitrogen and oxygen atoms in total. The fourth-order valence-corrected chi connectivity index (χ4v) is 13.0. The number of nitrogens with zero attached hydrogens (tertiary/aromatic N) is 23. The zero-order valence-electron chi connectivity index (χ0n) is 69.0. The monoisotopic (exact) mass is 1760 g/mol. The third kappa shape index (κ3) is 27.8. The van der Waals surface area contributed by atoms with Crippen LogP contribution in [0.1, 0.15) is 77.6 Å². The number of hydrogen-bond acceptors (Lipinski definition) is 35. The van der Waals surface area contributed by atoms with Gasteiger partial charge in [-0.2, -0.15) is 80.2 Å². The van der Waals surface area contributed by atoms with Crippen molar-refractivity contribution in [3.8, 4) is 5.75 Å². The van der Waals surface area contributed by atoms with Crippen LogP contribution < -0.4 is 67.5 Å². The van der Waals surface area contributed by atoms with E-state index in [0.29, 0.717) is 126 Å². The third-order valence-corrected chi connectivity index (χ3v) is 19.8. The van der Waals surface area contributed by atoms with E-state index in [-0.39, 0.29) is 18.3 Å². The Morgan fingerprint density at radius 3 is 1.49 bits per heavy atom. The number of anilines is 17. The topological polar surface area (TPSA) is 401 Å². The minimum atomic E-state index is -0.347. The molecule has 3 aliphatic heterocycles. The molecular weight excluding hydrogens is 1670 g/mol. The van der Waals surface area contributed by atoms with Crippen molar-refractivity contribution in [1.29, 1.82) is 0 Å². The summed E-state index contributed by atoms with van der Waals surface area (Å²) < 4.78 is 11.7. The Morgan fingerprint density at radius 2 is 0.951 bits per heavy atom. The maximum absolute atomic E-state index is 10.3. The van der Waals surface area contributed by atoms with Crippen molar-refractivity contribution >= 4 is 164 Å². The molecule has 6 aromatic carbocycles. The molecule has 0 aliphatic carbocycles. The van der Waals surface area contributed by atoms with E-state index in [1.807, 2.05) is 184 Å². The van der Waals surface area contributed by atoms with Gasteiger partial charge in [0.25, 0.3) is 0 Å². The molecule has 0 amide bonds. The van der Waals surface area contributed by atoms with Crippen molar-refractivity contribution in [2.45, 2.75) is 60.5 Å². The summed E-state index contributed by atoms with van der Waals surface area (Å²) in [7, 11) is 4.02. The van der Waals surface area contributed by atoms with Crippen LogP contribution in [-0.2, 0) is 16.1 Å². The Labute approximate surface area is 731 Å². The van der Waals surface area contributed by atoms with Crippen LogP contribution in [0.15, 0.2) is 201 Å². The molecule has 123 heavy (non-hydrogen) atoms. The summed E-state index contributed by atoms with van der Waals surface area (Å²) in [6.07, 6.45) is 16.9. The number of aliphatic hydroxyl groups excluding tert-OH is 1. The highest BCUT2D eigenvalue weighted by Gasteiger charge is 2.22. The Balaban J connectivity index is 0.000000150. The number of aryl methyl sites for hydroxylation is 3. The number of nitrogens with one attached hydrogen (secondary N) is 8. The minimum Gasteiger partial charge on any atom is -0.507 e. The van der Waals surface area contributed by atoms with Crippen LogP contribution in [0.25, 0.3) is 0 Å². The van der Waals surface area contributed by atoms with Crippen molar-refractivity contribution in [3.63, 3.8) is 0 Å². The number of aliphatic hydroxyl groups is 1. The molecule has 3 saturated heterocycles. The minimum absolute atomic E-state index is 0.103. The maximum atomic E-state index is 10.3. The first-order chi connectivity index (χ1) is 59.9. The molecule has 0 atom stereocenters. The largest absolute Gasteiger partial charge is 0.507 e. The van der Waals surface area contributed by atoms with Gasteiger partial charge in [0.2, 0.25) is 71.4 Å². The molecule has 6 aromatic heterocycles. The molecule has 0 saturated carbocycles. The van der Waals surface area contributed by atoms with Gasteiger partial charge in [0.15, 0.2) is 0 Å². The lowest BCUT2D eigenvalue weighted by atomic mass is 10.1. The molecule has 3 fully saturated rings. The number of rotatable bonds is 28. The average Bonchev–Trinajstić information content (AvgIpc) is 0.835. The summed E-state index contributed by atoms with van der Waals surface area (Å²) in [5, 5.41) is 50.5. The zero-order chi connectivity index (χ0) is 86.1. The lowest BCUT2D eigenvalue weighted by Gasteiger charge is -2.27. The van der Waals surface area contributed by atoms with Crippen molar-refractivity contribution in [3.05, 3.63) is 235 Å². The van der Waals surface area contributed by atoms with E-state index in [0.717, 1.165) is 113 Å². The SMILES string of the molecule is C(=N\Nc1nc(Nc2ccccc2)nc(N2CCCCC2)n1)/c1ccncc1.CCN(CC)c1nc(N/N=C/c2ccc(N(C)C)cc2)nc(Nc2ccc(C)c(Cl)c2)n1.Cc1ccc(Nc2nc(N/N=C/c3cc(Cl)cc(CO)c3O)nc(N3CCOCC3)n2)c(Br)c1.Cc1ccc(Nc2nc(N/N=C/c3cccnc3)nc(N3CCOCC3)n2)cc1. The number of phenols is 1. The Bertz CT molecular complexity index is 5490. The van der Waals surface area contributed by atoms with Gasteiger partial charge in [0.05, 0.1) is 63.6 Å². The molecule has 0 spiro atoms. The van der Waals surface area contributed by atoms with Gasteiger partial charge in [-0.05, 0) is 183 Å². The number of hydrazone groups is 4. The second kappa shape index (κ2) is 45.8. The van der Waals surface area contributed by atoms with Gasteiger partial charge in [0, 0.05) is 145 Å². The lowest BCUT2D eigenvalue weighted by Crippen LogP contribution is -2.37. The predicted octanol–water partition coefficient (Wildman–Crippen LogP) is 14.8. The number of pyridine rings is 2. The van der Waals surface area contributed by atoms with Gasteiger partial charge in [0.1, 0.15) is 5.75 Å². The first-order valence-corrected chi connectivity index (χ1v) is 41.3. The highest BCUT2D eigenvalue weighted by Crippen LogP contribution is 2.31. The highest BCUT2D eigenvalue weighted by atomic mass is 79.9. The quantitative estimate of drug-likeness (QED) is 0.0161. The normalized spacial score (nSPS) is 13.3. The molecule has 636 valence electrons. The van der Waals surface area contributed by atoms with Crippen molar-refractivity contribution in [2.24, 2.45) is 20.4 Å². The van der Waals surface area contributed by atoms with Crippen LogP contribution in [0, 0.1) is 20.8 Å². The molecule has 0 bridgehead atoms. The summed E-state index contributed by atoms with van der Waals surface area (Å²) in [6, 6.07) is 48.2. The Hall–Kier alpha value is -13.5. The molecule has 9 heterocycles. The second-order valence-corrected chi connectivity index (χ2v) is 29.6. The van der Waals surface area contributed by atoms with E-state index in [9.17, 15) is 10.2 Å². The van der Waals surface area contributed by atoms with E-state index >= 15 is 0 Å². The van der Waals surface area contributed by atoms with Crippen LogP contribution in [-0.4, -0.2) is 198 Å².